The summed E-state index contributed by atoms with van der Waals surface area (Å²) in [5.41, 5.74) is 3.69. The molecule has 0 aromatic carbocycles. The molecule has 0 fully saturated rings. The molecule has 86 valence electrons. The van der Waals surface area contributed by atoms with Crippen LogP contribution in [0.5, 0.6) is 0 Å². The summed E-state index contributed by atoms with van der Waals surface area (Å²) in [6, 6.07) is 2.17. The zero-order valence-electron chi connectivity index (χ0n) is 10.8. The van der Waals surface area contributed by atoms with E-state index in [1.165, 1.54) is 30.5 Å². The fourth-order valence-corrected chi connectivity index (χ4v) is 1.60. The Labute approximate surface area is 94.1 Å². The molecule has 1 aromatic rings. The van der Waals surface area contributed by atoms with E-state index >= 15 is 0 Å². The lowest BCUT2D eigenvalue weighted by molar-refractivity contribution is 0.651. The Morgan fingerprint density at radius 3 is 2.20 bits per heavy atom. The van der Waals surface area contributed by atoms with Crippen molar-refractivity contribution in [3.63, 3.8) is 0 Å². The summed E-state index contributed by atoms with van der Waals surface area (Å²) in [5, 5.41) is 8.21. The number of fused-ring (bicyclic) bond motifs is 1. The number of hydrogen-bond donors (Lipinski definition) is 0. The van der Waals surface area contributed by atoms with E-state index in [1.54, 1.807) is 0 Å². The van der Waals surface area contributed by atoms with Gasteiger partial charge in [0.15, 0.2) is 0 Å². The van der Waals surface area contributed by atoms with E-state index in [2.05, 4.69) is 16.3 Å². The fraction of sp³-hybridized carbons (Fsp3) is 0.692. The molecule has 1 aromatic heterocycles. The van der Waals surface area contributed by atoms with Crippen molar-refractivity contribution in [2.45, 2.75) is 60.3 Å². The largest absolute Gasteiger partial charge is 0.156 e. The van der Waals surface area contributed by atoms with Gasteiger partial charge in [-0.05, 0) is 44.2 Å². The van der Waals surface area contributed by atoms with Crippen molar-refractivity contribution in [3.05, 3.63) is 23.0 Å². The number of aryl methyl sites for hydroxylation is 3. The Kier molecular flexibility index (Phi) is 7.88. The van der Waals surface area contributed by atoms with E-state index in [4.69, 9.17) is 0 Å². The minimum absolute atomic E-state index is 1.05. The van der Waals surface area contributed by atoms with Crippen LogP contribution in [0.2, 0.25) is 0 Å². The average Bonchev–Trinajstić information content (AvgIpc) is 2.34. The highest BCUT2D eigenvalue weighted by Gasteiger charge is 2.10. The number of rotatable bonds is 0. The van der Waals surface area contributed by atoms with E-state index < -0.39 is 0 Å². The third-order valence-electron chi connectivity index (χ3n) is 2.19. The van der Waals surface area contributed by atoms with Crippen LogP contribution in [0.1, 0.15) is 57.5 Å². The molecule has 1 aliphatic carbocycles. The summed E-state index contributed by atoms with van der Waals surface area (Å²) in [4.78, 5) is 0. The van der Waals surface area contributed by atoms with E-state index in [0.29, 0.717) is 0 Å². The van der Waals surface area contributed by atoms with Crippen LogP contribution in [-0.2, 0) is 12.8 Å². The van der Waals surface area contributed by atoms with Gasteiger partial charge in [0.2, 0.25) is 0 Å². The summed E-state index contributed by atoms with van der Waals surface area (Å²) in [7, 11) is 0. The molecule has 0 radical (unpaired) electrons. The second-order valence-electron chi connectivity index (χ2n) is 3.16. The average molecular weight is 208 g/mol. The highest BCUT2D eigenvalue weighted by atomic mass is 15.1. The van der Waals surface area contributed by atoms with Crippen molar-refractivity contribution in [1.82, 2.24) is 10.2 Å². The van der Waals surface area contributed by atoms with Gasteiger partial charge in [0.25, 0.3) is 0 Å². The topological polar surface area (TPSA) is 25.8 Å². The van der Waals surface area contributed by atoms with E-state index in [9.17, 15) is 0 Å². The first kappa shape index (κ1) is 14.1. The van der Waals surface area contributed by atoms with Gasteiger partial charge in [-0.1, -0.05) is 27.7 Å². The second-order valence-corrected chi connectivity index (χ2v) is 3.16. The Morgan fingerprint density at radius 1 is 0.933 bits per heavy atom. The zero-order valence-corrected chi connectivity index (χ0v) is 10.8. The molecule has 0 spiro atoms. The van der Waals surface area contributed by atoms with Crippen molar-refractivity contribution in [2.75, 3.05) is 0 Å². The summed E-state index contributed by atoms with van der Waals surface area (Å²) in [6.45, 7) is 10.0. The normalized spacial score (nSPS) is 12.6. The minimum Gasteiger partial charge on any atom is -0.156 e. The van der Waals surface area contributed by atoms with Crippen molar-refractivity contribution >= 4 is 0 Å². The Balaban J connectivity index is 0.000000442. The van der Waals surface area contributed by atoms with Crippen molar-refractivity contribution in [1.29, 1.82) is 0 Å². The lowest BCUT2D eigenvalue weighted by atomic mass is 9.96. The lowest BCUT2D eigenvalue weighted by Crippen LogP contribution is -2.07. The third kappa shape index (κ3) is 4.41. The summed E-state index contributed by atoms with van der Waals surface area (Å²) in [5.74, 6) is 0. The monoisotopic (exact) mass is 208 g/mol. The quantitative estimate of drug-likeness (QED) is 0.649. The van der Waals surface area contributed by atoms with Gasteiger partial charge in [0.05, 0.1) is 11.4 Å². The van der Waals surface area contributed by atoms with Crippen LogP contribution in [0.3, 0.4) is 0 Å². The van der Waals surface area contributed by atoms with Crippen LogP contribution >= 0.6 is 0 Å². The second kappa shape index (κ2) is 8.39. The maximum atomic E-state index is 4.17. The molecule has 0 amide bonds. The van der Waals surface area contributed by atoms with Crippen LogP contribution in [0.15, 0.2) is 6.07 Å². The molecular formula is C13H24N2. The minimum atomic E-state index is 1.05. The van der Waals surface area contributed by atoms with Gasteiger partial charge < -0.3 is 0 Å². The number of nitrogens with zero attached hydrogens (tertiary/aromatic N) is 2. The molecule has 0 saturated carbocycles. The first-order valence-corrected chi connectivity index (χ1v) is 6.18. The third-order valence-corrected chi connectivity index (χ3v) is 2.19. The van der Waals surface area contributed by atoms with Crippen molar-refractivity contribution < 1.29 is 0 Å². The summed E-state index contributed by atoms with van der Waals surface area (Å²) < 4.78 is 0. The molecule has 15 heavy (non-hydrogen) atoms. The summed E-state index contributed by atoms with van der Waals surface area (Å²) in [6.07, 6.45) is 4.93. The van der Waals surface area contributed by atoms with Crippen molar-refractivity contribution in [2.24, 2.45) is 0 Å². The van der Waals surface area contributed by atoms with E-state index in [-0.39, 0.29) is 0 Å². The first-order valence-electron chi connectivity index (χ1n) is 6.18. The highest BCUT2D eigenvalue weighted by Crippen LogP contribution is 2.18. The van der Waals surface area contributed by atoms with Crippen LogP contribution in [0.4, 0.5) is 0 Å². The first-order chi connectivity index (χ1) is 7.36. The highest BCUT2D eigenvalue weighted by molar-refractivity contribution is 5.22. The fourth-order valence-electron chi connectivity index (χ4n) is 1.60. The maximum absolute atomic E-state index is 4.17. The maximum Gasteiger partial charge on any atom is 0.0663 e. The lowest BCUT2D eigenvalue weighted by Gasteiger charge is -2.12. The molecule has 0 saturated heterocycles. The van der Waals surface area contributed by atoms with Crippen LogP contribution in [0.25, 0.3) is 0 Å². The molecule has 0 aliphatic heterocycles. The van der Waals surface area contributed by atoms with Gasteiger partial charge in [-0.3, -0.25) is 0 Å². The molecular weight excluding hydrogens is 184 g/mol. The van der Waals surface area contributed by atoms with Gasteiger partial charge in [-0.2, -0.15) is 10.2 Å². The van der Waals surface area contributed by atoms with E-state index in [1.807, 2.05) is 34.6 Å². The van der Waals surface area contributed by atoms with Crippen molar-refractivity contribution in [3.8, 4) is 0 Å². The predicted molar refractivity (Wildman–Crippen MR) is 66.1 cm³/mol. The molecule has 0 unspecified atom stereocenters. The number of hydrogen-bond acceptors (Lipinski definition) is 2. The SMILES string of the molecule is CC.CC.Cc1cc2c(nn1)CCCC2. The van der Waals surface area contributed by atoms with Gasteiger partial charge in [-0.25, -0.2) is 0 Å². The smallest absolute Gasteiger partial charge is 0.0663 e. The van der Waals surface area contributed by atoms with Crippen LogP contribution in [0, 0.1) is 6.92 Å². The van der Waals surface area contributed by atoms with Gasteiger partial charge in [0, 0.05) is 0 Å². The van der Waals surface area contributed by atoms with E-state index in [0.717, 1.165) is 12.1 Å². The van der Waals surface area contributed by atoms with Gasteiger partial charge >= 0.3 is 0 Å². The molecule has 2 heteroatoms. The molecule has 1 heterocycles. The standard InChI is InChI=1S/C9H12N2.2C2H6/c1-7-6-8-4-2-3-5-9(8)11-10-7;2*1-2/h6H,2-5H2,1H3;2*1-2H3. The van der Waals surface area contributed by atoms with Gasteiger partial charge in [0.1, 0.15) is 0 Å². The number of aromatic nitrogens is 2. The Hall–Kier alpha value is -0.920. The molecule has 2 rings (SSSR count). The zero-order chi connectivity index (χ0) is 11.7. The van der Waals surface area contributed by atoms with Crippen LogP contribution < -0.4 is 0 Å². The molecule has 1 aliphatic rings. The predicted octanol–water partition coefficient (Wildman–Crippen LogP) is 3.72. The molecule has 0 atom stereocenters. The molecule has 0 bridgehead atoms. The summed E-state index contributed by atoms with van der Waals surface area (Å²) >= 11 is 0. The Morgan fingerprint density at radius 2 is 1.53 bits per heavy atom. The molecule has 2 nitrogen and oxygen atoms in total. The Bertz CT molecular complexity index is 269. The van der Waals surface area contributed by atoms with Crippen LogP contribution in [-0.4, -0.2) is 10.2 Å². The molecule has 0 N–H and O–H groups in total. The van der Waals surface area contributed by atoms with Gasteiger partial charge in [-0.15, -0.1) is 0 Å².